The number of carboxylic acid groups (broad SMARTS) is 1. The molecule has 6 nitrogen and oxygen atoms in total. The van der Waals surface area contributed by atoms with E-state index in [1.807, 2.05) is 0 Å². The second kappa shape index (κ2) is 4.06. The Morgan fingerprint density at radius 2 is 2.05 bits per heavy atom. The minimum absolute atomic E-state index is 0.120. The second-order valence-corrected chi connectivity index (χ2v) is 4.92. The number of carboxylic acids is 1. The van der Waals surface area contributed by atoms with E-state index in [1.165, 1.54) is 9.80 Å². The largest absolute Gasteiger partial charge is 0.478 e. The third-order valence-electron chi connectivity index (χ3n) is 4.03. The van der Waals surface area contributed by atoms with Crippen LogP contribution in [0.25, 0.3) is 0 Å². The van der Waals surface area contributed by atoms with Gasteiger partial charge in [0.1, 0.15) is 0 Å². The maximum Gasteiger partial charge on any atom is 0.351 e. The molecule has 20 heavy (non-hydrogen) atoms. The van der Waals surface area contributed by atoms with Gasteiger partial charge in [0.25, 0.3) is 5.91 Å². The van der Waals surface area contributed by atoms with Crippen molar-refractivity contribution in [1.82, 2.24) is 4.90 Å². The highest BCUT2D eigenvalue weighted by Crippen LogP contribution is 2.44. The lowest BCUT2D eigenvalue weighted by Gasteiger charge is -2.47. The molecule has 0 bridgehead atoms. The zero-order valence-corrected chi connectivity index (χ0v) is 11.0. The first kappa shape index (κ1) is 12.7. The summed E-state index contributed by atoms with van der Waals surface area (Å²) in [7, 11) is 0. The lowest BCUT2D eigenvalue weighted by atomic mass is 9.97. The molecule has 1 atom stereocenters. The van der Waals surface area contributed by atoms with Gasteiger partial charge in [0.05, 0.1) is 11.3 Å². The summed E-state index contributed by atoms with van der Waals surface area (Å²) in [5.74, 6) is -1.75. The molecule has 3 rings (SSSR count). The first-order valence-electron chi connectivity index (χ1n) is 6.51. The molecular weight excluding hydrogens is 260 g/mol. The summed E-state index contributed by atoms with van der Waals surface area (Å²) >= 11 is 0. The third kappa shape index (κ3) is 1.31. The number of hydrogen-bond acceptors (Lipinski definition) is 3. The lowest BCUT2D eigenvalue weighted by Crippen LogP contribution is -2.67. The summed E-state index contributed by atoms with van der Waals surface area (Å²) in [6.45, 7) is 1.96. The predicted molar refractivity (Wildman–Crippen MR) is 70.2 cm³/mol. The van der Waals surface area contributed by atoms with Crippen LogP contribution in [0.15, 0.2) is 24.3 Å². The molecular formula is C14H14N2O4. The van der Waals surface area contributed by atoms with E-state index >= 15 is 0 Å². The molecule has 0 spiro atoms. The van der Waals surface area contributed by atoms with E-state index in [4.69, 9.17) is 0 Å². The molecule has 1 saturated heterocycles. The van der Waals surface area contributed by atoms with Crippen LogP contribution in [0.5, 0.6) is 0 Å². The predicted octanol–water partition coefficient (Wildman–Crippen LogP) is 1.07. The first-order valence-corrected chi connectivity index (χ1v) is 6.51. The van der Waals surface area contributed by atoms with E-state index in [0.717, 1.165) is 0 Å². The molecule has 104 valence electrons. The zero-order valence-electron chi connectivity index (χ0n) is 11.0. The van der Waals surface area contributed by atoms with Crippen molar-refractivity contribution in [3.8, 4) is 0 Å². The number of benzene rings is 1. The van der Waals surface area contributed by atoms with Gasteiger partial charge in [0.15, 0.2) is 0 Å². The van der Waals surface area contributed by atoms with Crippen LogP contribution < -0.4 is 4.90 Å². The Hall–Kier alpha value is -2.37. The van der Waals surface area contributed by atoms with Crippen LogP contribution in [0.4, 0.5) is 5.69 Å². The summed E-state index contributed by atoms with van der Waals surface area (Å²) in [4.78, 5) is 39.1. The van der Waals surface area contributed by atoms with E-state index in [2.05, 4.69) is 0 Å². The van der Waals surface area contributed by atoms with Gasteiger partial charge in [-0.05, 0) is 19.1 Å². The number of likely N-dealkylation sites (N-methyl/N-ethyl adjacent to an activating group) is 1. The Kier molecular flexibility index (Phi) is 2.57. The molecule has 1 N–H and O–H groups in total. The molecule has 1 fully saturated rings. The van der Waals surface area contributed by atoms with E-state index in [0.29, 0.717) is 11.3 Å². The molecule has 0 aromatic heterocycles. The van der Waals surface area contributed by atoms with Gasteiger partial charge < -0.3 is 10.0 Å². The molecule has 2 aliphatic rings. The fraction of sp³-hybridized carbons (Fsp3) is 0.357. The number of amides is 2. The number of para-hydroxylation sites is 1. The van der Waals surface area contributed by atoms with Crippen molar-refractivity contribution < 1.29 is 19.5 Å². The van der Waals surface area contributed by atoms with Crippen molar-refractivity contribution in [2.75, 3.05) is 11.4 Å². The molecule has 1 aromatic rings. The number of nitrogens with zero attached hydrogens (tertiary/aromatic N) is 2. The maximum atomic E-state index is 12.5. The number of fused-ring (bicyclic) bond motifs is 3. The average Bonchev–Trinajstić information content (AvgIpc) is 2.79. The Balaban J connectivity index is 2.31. The van der Waals surface area contributed by atoms with E-state index < -0.39 is 11.6 Å². The van der Waals surface area contributed by atoms with Gasteiger partial charge in [0, 0.05) is 19.4 Å². The smallest absolute Gasteiger partial charge is 0.351 e. The summed E-state index contributed by atoms with van der Waals surface area (Å²) < 4.78 is 0. The number of anilines is 1. The lowest BCUT2D eigenvalue weighted by molar-refractivity contribution is -0.150. The van der Waals surface area contributed by atoms with Gasteiger partial charge in [0.2, 0.25) is 11.6 Å². The zero-order chi connectivity index (χ0) is 14.5. The molecule has 0 saturated carbocycles. The number of rotatable bonds is 2. The fourth-order valence-electron chi connectivity index (χ4n) is 3.19. The van der Waals surface area contributed by atoms with Crippen LogP contribution in [-0.4, -0.2) is 40.0 Å². The maximum absolute atomic E-state index is 12.5. The quantitative estimate of drug-likeness (QED) is 0.875. The Morgan fingerprint density at radius 3 is 2.70 bits per heavy atom. The van der Waals surface area contributed by atoms with E-state index in [-0.39, 0.29) is 31.2 Å². The van der Waals surface area contributed by atoms with E-state index in [9.17, 15) is 19.5 Å². The van der Waals surface area contributed by atoms with Gasteiger partial charge in [-0.15, -0.1) is 0 Å². The van der Waals surface area contributed by atoms with Crippen molar-refractivity contribution in [3.05, 3.63) is 29.8 Å². The number of carbonyl (C=O) groups excluding carboxylic acids is 2. The molecule has 0 radical (unpaired) electrons. The standard InChI is InChI=1S/C14H14N2O4/c1-2-15-12(18)9-5-3-4-6-10(9)16-11(17)7-8-14(15,16)13(19)20/h3-6H,2,7-8H2,1H3,(H,19,20). The topological polar surface area (TPSA) is 77.9 Å². The molecule has 2 heterocycles. The number of carbonyl (C=O) groups is 3. The van der Waals surface area contributed by atoms with Gasteiger partial charge in [-0.3, -0.25) is 14.5 Å². The third-order valence-corrected chi connectivity index (χ3v) is 4.03. The van der Waals surface area contributed by atoms with Crippen molar-refractivity contribution in [1.29, 1.82) is 0 Å². The van der Waals surface area contributed by atoms with Crippen molar-refractivity contribution >= 4 is 23.5 Å². The van der Waals surface area contributed by atoms with Crippen molar-refractivity contribution in [2.24, 2.45) is 0 Å². The monoisotopic (exact) mass is 274 g/mol. The fourth-order valence-corrected chi connectivity index (χ4v) is 3.19. The Bertz CT molecular complexity index is 627. The van der Waals surface area contributed by atoms with Crippen molar-refractivity contribution in [2.45, 2.75) is 25.4 Å². The van der Waals surface area contributed by atoms with Crippen LogP contribution in [0, 0.1) is 0 Å². The first-order chi connectivity index (χ1) is 9.54. The van der Waals surface area contributed by atoms with Crippen LogP contribution in [0.2, 0.25) is 0 Å². The van der Waals surface area contributed by atoms with Crippen LogP contribution >= 0.6 is 0 Å². The summed E-state index contributed by atoms with van der Waals surface area (Å²) in [5.41, 5.74) is -0.800. The van der Waals surface area contributed by atoms with Crippen molar-refractivity contribution in [3.63, 3.8) is 0 Å². The molecule has 6 heteroatoms. The molecule has 1 unspecified atom stereocenters. The normalized spacial score (nSPS) is 24.6. The Morgan fingerprint density at radius 1 is 1.35 bits per heavy atom. The van der Waals surface area contributed by atoms with Gasteiger partial charge in [-0.1, -0.05) is 12.1 Å². The average molecular weight is 274 g/mol. The summed E-state index contributed by atoms with van der Waals surface area (Å²) in [6, 6.07) is 6.66. The summed E-state index contributed by atoms with van der Waals surface area (Å²) in [5, 5.41) is 9.67. The van der Waals surface area contributed by atoms with E-state index in [1.54, 1.807) is 31.2 Å². The minimum atomic E-state index is -1.57. The molecule has 2 aliphatic heterocycles. The molecule has 2 amide bonds. The highest BCUT2D eigenvalue weighted by Gasteiger charge is 2.60. The van der Waals surface area contributed by atoms with Crippen LogP contribution in [0.3, 0.4) is 0 Å². The second-order valence-electron chi connectivity index (χ2n) is 4.92. The van der Waals surface area contributed by atoms with Crippen LogP contribution in [-0.2, 0) is 9.59 Å². The SMILES string of the molecule is CCN1C(=O)c2ccccc2N2C(=O)CCC12C(=O)O. The van der Waals surface area contributed by atoms with Crippen LogP contribution in [0.1, 0.15) is 30.1 Å². The van der Waals surface area contributed by atoms with Gasteiger partial charge in [-0.25, -0.2) is 4.79 Å². The van der Waals surface area contributed by atoms with Gasteiger partial charge >= 0.3 is 5.97 Å². The number of hydrogen-bond donors (Lipinski definition) is 1. The molecule has 1 aromatic carbocycles. The number of aliphatic carboxylic acids is 1. The summed E-state index contributed by atoms with van der Waals surface area (Å²) in [6.07, 6.45) is 0.249. The highest BCUT2D eigenvalue weighted by molar-refractivity contribution is 6.15. The Labute approximate surface area is 115 Å². The highest BCUT2D eigenvalue weighted by atomic mass is 16.4. The minimum Gasteiger partial charge on any atom is -0.478 e. The van der Waals surface area contributed by atoms with Gasteiger partial charge in [-0.2, -0.15) is 0 Å². The molecule has 0 aliphatic carbocycles.